The maximum Gasteiger partial charge on any atom is 0.113 e. The molecule has 0 aromatic carbocycles. The summed E-state index contributed by atoms with van der Waals surface area (Å²) in [5.74, 6) is 2.70. The first-order valence-corrected chi connectivity index (χ1v) is 6.08. The summed E-state index contributed by atoms with van der Waals surface area (Å²) < 4.78 is 5.23. The van der Waals surface area contributed by atoms with Crippen molar-refractivity contribution in [3.8, 4) is 0 Å². The number of rotatable bonds is 4. The van der Waals surface area contributed by atoms with Crippen molar-refractivity contribution in [3.05, 3.63) is 53.2 Å². The molecule has 0 N–H and O–H groups in total. The number of hydrogen-bond acceptors (Lipinski definition) is 3. The summed E-state index contributed by atoms with van der Waals surface area (Å²) in [7, 11) is 0. The third-order valence-electron chi connectivity index (χ3n) is 1.85. The highest BCUT2D eigenvalue weighted by Gasteiger charge is 1.99. The van der Waals surface area contributed by atoms with Crippen LogP contribution >= 0.6 is 23.4 Å². The minimum atomic E-state index is 0.735. The molecule has 0 aliphatic carbocycles. The molecule has 0 saturated heterocycles. The lowest BCUT2D eigenvalue weighted by Crippen LogP contribution is -1.86. The number of thioether (sulfide) groups is 1. The molecule has 0 aliphatic rings. The second-order valence-electron chi connectivity index (χ2n) is 3.04. The first-order chi connectivity index (χ1) is 7.34. The van der Waals surface area contributed by atoms with Crippen molar-refractivity contribution in [2.24, 2.45) is 0 Å². The van der Waals surface area contributed by atoms with E-state index < -0.39 is 0 Å². The Hall–Kier alpha value is -0.930. The zero-order chi connectivity index (χ0) is 10.5. The van der Waals surface area contributed by atoms with E-state index in [2.05, 4.69) is 4.98 Å². The van der Waals surface area contributed by atoms with E-state index in [1.54, 1.807) is 30.3 Å². The Balaban J connectivity index is 1.83. The Morgan fingerprint density at radius 1 is 1.33 bits per heavy atom. The smallest absolute Gasteiger partial charge is 0.113 e. The van der Waals surface area contributed by atoms with Crippen LogP contribution in [0.2, 0.25) is 5.02 Å². The van der Waals surface area contributed by atoms with Gasteiger partial charge in [0.25, 0.3) is 0 Å². The summed E-state index contributed by atoms with van der Waals surface area (Å²) >= 11 is 7.61. The minimum Gasteiger partial charge on any atom is -0.468 e. The maximum atomic E-state index is 5.86. The Kier molecular flexibility index (Phi) is 3.69. The van der Waals surface area contributed by atoms with E-state index in [4.69, 9.17) is 16.0 Å². The van der Waals surface area contributed by atoms with E-state index in [1.165, 1.54) is 0 Å². The summed E-state index contributed by atoms with van der Waals surface area (Å²) in [6.07, 6.45) is 3.42. The van der Waals surface area contributed by atoms with Crippen LogP contribution in [0.1, 0.15) is 11.5 Å². The van der Waals surface area contributed by atoms with Crippen LogP contribution in [0.4, 0.5) is 0 Å². The molecule has 2 rings (SSSR count). The standard InChI is InChI=1S/C11H10ClNOS/c12-9-3-4-13-10(6-9)7-15-8-11-2-1-5-14-11/h1-6H,7-8H2. The number of nitrogens with zero attached hydrogens (tertiary/aromatic N) is 1. The summed E-state index contributed by atoms with van der Waals surface area (Å²) in [6.45, 7) is 0. The van der Waals surface area contributed by atoms with Crippen LogP contribution in [0.5, 0.6) is 0 Å². The summed E-state index contributed by atoms with van der Waals surface area (Å²) in [6, 6.07) is 7.53. The molecule has 0 bridgehead atoms. The third kappa shape index (κ3) is 3.29. The van der Waals surface area contributed by atoms with Crippen LogP contribution < -0.4 is 0 Å². The molecule has 2 nitrogen and oxygen atoms in total. The number of furan rings is 1. The topological polar surface area (TPSA) is 26.0 Å². The largest absolute Gasteiger partial charge is 0.468 e. The van der Waals surface area contributed by atoms with E-state index in [0.29, 0.717) is 0 Å². The van der Waals surface area contributed by atoms with Crippen molar-refractivity contribution in [1.82, 2.24) is 4.98 Å². The Labute approximate surface area is 97.7 Å². The molecule has 4 heteroatoms. The number of pyridine rings is 1. The average Bonchev–Trinajstić information content (AvgIpc) is 2.71. The van der Waals surface area contributed by atoms with E-state index in [9.17, 15) is 0 Å². The van der Waals surface area contributed by atoms with Gasteiger partial charge in [-0.15, -0.1) is 11.8 Å². The van der Waals surface area contributed by atoms with Crippen LogP contribution in [-0.4, -0.2) is 4.98 Å². The van der Waals surface area contributed by atoms with Crippen molar-refractivity contribution in [1.29, 1.82) is 0 Å². The van der Waals surface area contributed by atoms with E-state index in [1.807, 2.05) is 18.2 Å². The Morgan fingerprint density at radius 2 is 2.27 bits per heavy atom. The molecule has 0 amide bonds. The molecule has 0 saturated carbocycles. The molecule has 0 fully saturated rings. The summed E-state index contributed by atoms with van der Waals surface area (Å²) in [5.41, 5.74) is 0.999. The molecule has 0 radical (unpaired) electrons. The van der Waals surface area contributed by atoms with Crippen molar-refractivity contribution >= 4 is 23.4 Å². The first-order valence-electron chi connectivity index (χ1n) is 4.55. The zero-order valence-electron chi connectivity index (χ0n) is 8.02. The van der Waals surface area contributed by atoms with Gasteiger partial charge in [-0.05, 0) is 24.3 Å². The van der Waals surface area contributed by atoms with Gasteiger partial charge in [-0.1, -0.05) is 11.6 Å². The number of aromatic nitrogens is 1. The minimum absolute atomic E-state index is 0.735. The lowest BCUT2D eigenvalue weighted by Gasteiger charge is -1.99. The van der Waals surface area contributed by atoms with Gasteiger partial charge < -0.3 is 4.42 Å². The van der Waals surface area contributed by atoms with Crippen LogP contribution in [0, 0.1) is 0 Å². The van der Waals surface area contributed by atoms with Gasteiger partial charge in [0, 0.05) is 17.0 Å². The first kappa shape index (κ1) is 10.6. The molecular formula is C11H10ClNOS. The van der Waals surface area contributed by atoms with Crippen molar-refractivity contribution in [2.45, 2.75) is 11.5 Å². The predicted molar refractivity (Wildman–Crippen MR) is 63.0 cm³/mol. The van der Waals surface area contributed by atoms with Gasteiger partial charge >= 0.3 is 0 Å². The highest BCUT2D eigenvalue weighted by Crippen LogP contribution is 2.18. The third-order valence-corrected chi connectivity index (χ3v) is 3.08. The van der Waals surface area contributed by atoms with Crippen molar-refractivity contribution in [2.75, 3.05) is 0 Å². The predicted octanol–water partition coefficient (Wildman–Crippen LogP) is 3.76. The molecule has 2 aromatic rings. The molecule has 0 unspecified atom stereocenters. The molecular weight excluding hydrogens is 230 g/mol. The molecule has 2 aromatic heterocycles. The fourth-order valence-corrected chi connectivity index (χ4v) is 2.20. The van der Waals surface area contributed by atoms with Gasteiger partial charge in [0.1, 0.15) is 5.76 Å². The van der Waals surface area contributed by atoms with Crippen molar-refractivity contribution < 1.29 is 4.42 Å². The quantitative estimate of drug-likeness (QED) is 0.813. The highest BCUT2D eigenvalue weighted by atomic mass is 35.5. The Bertz CT molecular complexity index is 416. The van der Waals surface area contributed by atoms with Crippen LogP contribution in [0.15, 0.2) is 41.1 Å². The van der Waals surface area contributed by atoms with Gasteiger partial charge in [0.2, 0.25) is 0 Å². The number of halogens is 1. The van der Waals surface area contributed by atoms with Crippen LogP contribution in [0.3, 0.4) is 0 Å². The number of hydrogen-bond donors (Lipinski definition) is 0. The van der Waals surface area contributed by atoms with Crippen molar-refractivity contribution in [3.63, 3.8) is 0 Å². The summed E-state index contributed by atoms with van der Waals surface area (Å²) in [4.78, 5) is 4.22. The molecule has 0 atom stereocenters. The zero-order valence-corrected chi connectivity index (χ0v) is 9.59. The monoisotopic (exact) mass is 239 g/mol. The second-order valence-corrected chi connectivity index (χ2v) is 4.46. The maximum absolute atomic E-state index is 5.86. The van der Waals surface area contributed by atoms with E-state index in [-0.39, 0.29) is 0 Å². The SMILES string of the molecule is Clc1ccnc(CSCc2ccco2)c1. The molecule has 0 spiro atoms. The molecule has 78 valence electrons. The van der Waals surface area contributed by atoms with Gasteiger partial charge in [-0.2, -0.15) is 0 Å². The van der Waals surface area contributed by atoms with Crippen LogP contribution in [-0.2, 0) is 11.5 Å². The molecule has 0 aliphatic heterocycles. The van der Waals surface area contributed by atoms with Gasteiger partial charge in [0.15, 0.2) is 0 Å². The second kappa shape index (κ2) is 5.24. The molecule has 15 heavy (non-hydrogen) atoms. The fraction of sp³-hybridized carbons (Fsp3) is 0.182. The summed E-state index contributed by atoms with van der Waals surface area (Å²) in [5, 5.41) is 0.735. The van der Waals surface area contributed by atoms with Gasteiger partial charge in [-0.25, -0.2) is 0 Å². The highest BCUT2D eigenvalue weighted by molar-refractivity contribution is 7.97. The Morgan fingerprint density at radius 3 is 3.00 bits per heavy atom. The fourth-order valence-electron chi connectivity index (χ4n) is 1.18. The van der Waals surface area contributed by atoms with E-state index >= 15 is 0 Å². The lowest BCUT2D eigenvalue weighted by atomic mass is 10.4. The normalized spacial score (nSPS) is 10.5. The van der Waals surface area contributed by atoms with E-state index in [0.717, 1.165) is 28.0 Å². The van der Waals surface area contributed by atoms with Gasteiger partial charge in [-0.3, -0.25) is 4.98 Å². The van der Waals surface area contributed by atoms with Crippen LogP contribution in [0.25, 0.3) is 0 Å². The lowest BCUT2D eigenvalue weighted by molar-refractivity contribution is 0.530. The molecule has 2 heterocycles. The average molecular weight is 240 g/mol. The van der Waals surface area contributed by atoms with Gasteiger partial charge in [0.05, 0.1) is 17.7 Å².